The highest BCUT2D eigenvalue weighted by Gasteiger charge is 2.33. The van der Waals surface area contributed by atoms with Gasteiger partial charge in [0.25, 0.3) is 0 Å². The Balaban J connectivity index is 1.55. The number of aromatic nitrogens is 1. The van der Waals surface area contributed by atoms with E-state index in [4.69, 9.17) is 4.74 Å². The molecule has 5 heteroatoms. The summed E-state index contributed by atoms with van der Waals surface area (Å²) < 4.78 is 5.73. The minimum Gasteiger partial charge on any atom is -0.444 e. The molecule has 0 aliphatic carbocycles. The van der Waals surface area contributed by atoms with Crippen molar-refractivity contribution in [2.75, 3.05) is 19.6 Å². The predicted octanol–water partition coefficient (Wildman–Crippen LogP) is 4.83. The average Bonchev–Trinajstić information content (AvgIpc) is 3.11. The van der Waals surface area contributed by atoms with Gasteiger partial charge in [-0.1, -0.05) is 48.5 Å². The van der Waals surface area contributed by atoms with Gasteiger partial charge in [0.1, 0.15) is 5.60 Å². The zero-order valence-corrected chi connectivity index (χ0v) is 18.1. The third kappa shape index (κ3) is 4.85. The average molecular weight is 406 g/mol. The minimum absolute atomic E-state index is 0.0662. The van der Waals surface area contributed by atoms with Crippen LogP contribution < -0.4 is 0 Å². The molecule has 30 heavy (non-hydrogen) atoms. The first kappa shape index (κ1) is 20.5. The van der Waals surface area contributed by atoms with Crippen molar-refractivity contribution >= 4 is 17.0 Å². The lowest BCUT2D eigenvalue weighted by Crippen LogP contribution is -2.56. The molecule has 3 aromatic rings. The second-order valence-electron chi connectivity index (χ2n) is 9.11. The number of carbonyl (C=O) groups is 1. The molecule has 2 aromatic carbocycles. The molecule has 4 rings (SSSR count). The van der Waals surface area contributed by atoms with Crippen molar-refractivity contribution in [1.29, 1.82) is 0 Å². The molecule has 0 spiro atoms. The molecule has 0 radical (unpaired) electrons. The Kier molecular flexibility index (Phi) is 5.82. The summed E-state index contributed by atoms with van der Waals surface area (Å²) in [6.07, 6.45) is 2.66. The second kappa shape index (κ2) is 8.52. The van der Waals surface area contributed by atoms with E-state index in [0.29, 0.717) is 6.54 Å². The van der Waals surface area contributed by atoms with Crippen molar-refractivity contribution in [2.45, 2.75) is 45.4 Å². The van der Waals surface area contributed by atoms with E-state index in [0.717, 1.165) is 31.6 Å². The smallest absolute Gasteiger partial charge is 0.410 e. The van der Waals surface area contributed by atoms with Gasteiger partial charge >= 0.3 is 6.09 Å². The molecule has 0 saturated carbocycles. The van der Waals surface area contributed by atoms with Crippen LogP contribution in [0.15, 0.2) is 60.8 Å². The van der Waals surface area contributed by atoms with E-state index < -0.39 is 5.60 Å². The van der Waals surface area contributed by atoms with Gasteiger partial charge in [-0.2, -0.15) is 0 Å². The summed E-state index contributed by atoms with van der Waals surface area (Å²) in [5.74, 6) is 0. The molecule has 2 heterocycles. The van der Waals surface area contributed by atoms with Gasteiger partial charge in [0.15, 0.2) is 0 Å². The summed E-state index contributed by atoms with van der Waals surface area (Å²) in [7, 11) is 0. The highest BCUT2D eigenvalue weighted by atomic mass is 16.6. The molecular weight excluding hydrogens is 374 g/mol. The number of para-hydroxylation sites is 1. The Morgan fingerprint density at radius 1 is 1.07 bits per heavy atom. The van der Waals surface area contributed by atoms with Gasteiger partial charge in [0, 0.05) is 43.3 Å². The van der Waals surface area contributed by atoms with Crippen molar-refractivity contribution < 1.29 is 9.53 Å². The largest absolute Gasteiger partial charge is 0.444 e. The van der Waals surface area contributed by atoms with Crippen LogP contribution in [0.3, 0.4) is 0 Å². The van der Waals surface area contributed by atoms with Crippen molar-refractivity contribution in [3.05, 3.63) is 71.9 Å². The monoisotopic (exact) mass is 405 g/mol. The highest BCUT2D eigenvalue weighted by molar-refractivity contribution is 5.83. The summed E-state index contributed by atoms with van der Waals surface area (Å²) in [6, 6.07) is 18.9. The minimum atomic E-state index is -0.496. The Morgan fingerprint density at radius 2 is 1.80 bits per heavy atom. The number of nitrogens with one attached hydrogen (secondary N) is 1. The Hall–Kier alpha value is -2.79. The number of ether oxygens (including phenoxy) is 1. The van der Waals surface area contributed by atoms with Crippen LogP contribution in [-0.2, 0) is 17.7 Å². The molecule has 5 nitrogen and oxygen atoms in total. The number of H-pyrrole nitrogens is 1. The molecule has 1 fully saturated rings. The highest BCUT2D eigenvalue weighted by Crippen LogP contribution is 2.24. The Bertz CT molecular complexity index is 990. The van der Waals surface area contributed by atoms with Gasteiger partial charge in [0.05, 0.1) is 6.04 Å². The van der Waals surface area contributed by atoms with Crippen LogP contribution >= 0.6 is 0 Å². The molecule has 1 N–H and O–H groups in total. The van der Waals surface area contributed by atoms with Gasteiger partial charge in [0.2, 0.25) is 0 Å². The molecule has 1 aromatic heterocycles. The first-order chi connectivity index (χ1) is 14.4. The number of fused-ring (bicyclic) bond motifs is 1. The number of amides is 1. The van der Waals surface area contributed by atoms with Gasteiger partial charge in [-0.3, -0.25) is 4.90 Å². The zero-order chi connectivity index (χ0) is 21.1. The van der Waals surface area contributed by atoms with Crippen molar-refractivity contribution in [3.63, 3.8) is 0 Å². The van der Waals surface area contributed by atoms with E-state index in [-0.39, 0.29) is 12.1 Å². The maximum Gasteiger partial charge on any atom is 0.410 e. The van der Waals surface area contributed by atoms with E-state index in [9.17, 15) is 4.79 Å². The molecule has 1 saturated heterocycles. The van der Waals surface area contributed by atoms with Gasteiger partial charge in [-0.05, 0) is 44.4 Å². The van der Waals surface area contributed by atoms with Crippen LogP contribution in [0, 0.1) is 0 Å². The van der Waals surface area contributed by atoms with Gasteiger partial charge < -0.3 is 14.6 Å². The SMILES string of the molecule is CC(C)(C)OC(=O)N1CCN(Cc2ccccc2)CC1Cc1c[nH]c2ccccc12. The maximum atomic E-state index is 13.0. The van der Waals surface area contributed by atoms with Crippen LogP contribution in [0.25, 0.3) is 10.9 Å². The zero-order valence-electron chi connectivity index (χ0n) is 18.1. The van der Waals surface area contributed by atoms with E-state index in [1.807, 2.05) is 37.8 Å². The number of rotatable bonds is 4. The van der Waals surface area contributed by atoms with Crippen LogP contribution in [0.4, 0.5) is 4.79 Å². The number of hydrogen-bond donors (Lipinski definition) is 1. The number of aromatic amines is 1. The Labute approximate surface area is 178 Å². The molecule has 0 bridgehead atoms. The number of nitrogens with zero attached hydrogens (tertiary/aromatic N) is 2. The van der Waals surface area contributed by atoms with Crippen molar-refractivity contribution in [2.24, 2.45) is 0 Å². The molecular formula is C25H31N3O2. The quantitative estimate of drug-likeness (QED) is 0.676. The maximum absolute atomic E-state index is 13.0. The molecule has 1 atom stereocenters. The van der Waals surface area contributed by atoms with Crippen LogP contribution in [0.5, 0.6) is 0 Å². The fourth-order valence-electron chi connectivity index (χ4n) is 4.19. The number of piperazine rings is 1. The molecule has 1 unspecified atom stereocenters. The number of hydrogen-bond acceptors (Lipinski definition) is 3. The number of carbonyl (C=O) groups excluding carboxylic acids is 1. The summed E-state index contributed by atoms with van der Waals surface area (Å²) in [5.41, 5.74) is 3.18. The standard InChI is InChI=1S/C25H31N3O2/c1-25(2,3)30-24(29)28-14-13-27(17-19-9-5-4-6-10-19)18-21(28)15-20-16-26-23-12-8-7-11-22(20)23/h4-12,16,21,26H,13-15,17-18H2,1-3H3. The lowest BCUT2D eigenvalue weighted by atomic mass is 10.0. The van der Waals surface area contributed by atoms with E-state index >= 15 is 0 Å². The topological polar surface area (TPSA) is 48.6 Å². The lowest BCUT2D eigenvalue weighted by Gasteiger charge is -2.42. The summed E-state index contributed by atoms with van der Waals surface area (Å²) >= 11 is 0. The van der Waals surface area contributed by atoms with E-state index in [2.05, 4.69) is 58.5 Å². The molecule has 1 amide bonds. The second-order valence-corrected chi connectivity index (χ2v) is 9.11. The third-order valence-corrected chi connectivity index (χ3v) is 5.57. The summed E-state index contributed by atoms with van der Waals surface area (Å²) in [4.78, 5) is 20.7. The lowest BCUT2D eigenvalue weighted by molar-refractivity contribution is -0.00228. The third-order valence-electron chi connectivity index (χ3n) is 5.57. The van der Waals surface area contributed by atoms with Crippen LogP contribution in [-0.4, -0.2) is 52.2 Å². The van der Waals surface area contributed by atoms with Gasteiger partial charge in [-0.15, -0.1) is 0 Å². The van der Waals surface area contributed by atoms with Crippen LogP contribution in [0.1, 0.15) is 31.9 Å². The molecule has 1 aliphatic rings. The molecule has 158 valence electrons. The normalized spacial score (nSPS) is 18.0. The van der Waals surface area contributed by atoms with Crippen molar-refractivity contribution in [3.8, 4) is 0 Å². The summed E-state index contributed by atoms with van der Waals surface area (Å²) in [6.45, 7) is 9.01. The van der Waals surface area contributed by atoms with Crippen LogP contribution in [0.2, 0.25) is 0 Å². The first-order valence-corrected chi connectivity index (χ1v) is 10.7. The first-order valence-electron chi connectivity index (χ1n) is 10.7. The van der Waals surface area contributed by atoms with E-state index in [1.165, 1.54) is 16.5 Å². The molecule has 1 aliphatic heterocycles. The number of benzene rings is 2. The van der Waals surface area contributed by atoms with Gasteiger partial charge in [-0.25, -0.2) is 4.79 Å². The Morgan fingerprint density at radius 3 is 2.57 bits per heavy atom. The predicted molar refractivity (Wildman–Crippen MR) is 120 cm³/mol. The van der Waals surface area contributed by atoms with Crippen molar-refractivity contribution in [1.82, 2.24) is 14.8 Å². The van der Waals surface area contributed by atoms with E-state index in [1.54, 1.807) is 0 Å². The fraction of sp³-hybridized carbons (Fsp3) is 0.400. The fourth-order valence-corrected chi connectivity index (χ4v) is 4.19. The summed E-state index contributed by atoms with van der Waals surface area (Å²) in [5, 5.41) is 1.22.